The summed E-state index contributed by atoms with van der Waals surface area (Å²) in [4.78, 5) is 9.72. The number of pyridine rings is 1. The first-order chi connectivity index (χ1) is 12.8. The van der Waals surface area contributed by atoms with Crippen molar-refractivity contribution in [3.05, 3.63) is 30.4 Å². The topological polar surface area (TPSA) is 75.3 Å². The maximum Gasteiger partial charge on any atom is 0.404 e. The van der Waals surface area contributed by atoms with Crippen molar-refractivity contribution in [1.29, 1.82) is 0 Å². The maximum atomic E-state index is 14.0. The molecule has 1 N–H and O–H groups in total. The van der Waals surface area contributed by atoms with Gasteiger partial charge in [0, 0.05) is 31.0 Å². The number of hydrogen-bond acceptors (Lipinski definition) is 6. The summed E-state index contributed by atoms with van der Waals surface area (Å²) in [7, 11) is 0. The highest BCUT2D eigenvalue weighted by Crippen LogP contribution is 2.47. The minimum atomic E-state index is -4.51. The molecular formula is C18H21F3N4O2. The van der Waals surface area contributed by atoms with Crippen LogP contribution in [0.25, 0.3) is 11.4 Å². The van der Waals surface area contributed by atoms with Gasteiger partial charge in [-0.25, -0.2) is 0 Å². The van der Waals surface area contributed by atoms with Crippen molar-refractivity contribution in [3.63, 3.8) is 0 Å². The quantitative estimate of drug-likeness (QED) is 0.857. The molecule has 2 aromatic heterocycles. The molecule has 0 bridgehead atoms. The first kappa shape index (κ1) is 18.4. The Balaban J connectivity index is 1.54. The van der Waals surface area contributed by atoms with Gasteiger partial charge in [-0.15, -0.1) is 0 Å². The number of aromatic nitrogens is 3. The Morgan fingerprint density at radius 1 is 1.26 bits per heavy atom. The fraction of sp³-hybridized carbons (Fsp3) is 0.611. The van der Waals surface area contributed by atoms with Crippen molar-refractivity contribution >= 4 is 0 Å². The van der Waals surface area contributed by atoms with Gasteiger partial charge >= 0.3 is 6.18 Å². The van der Waals surface area contributed by atoms with E-state index in [4.69, 9.17) is 4.52 Å². The summed E-state index contributed by atoms with van der Waals surface area (Å²) in [6.45, 7) is 0.472. The molecule has 146 valence electrons. The van der Waals surface area contributed by atoms with E-state index in [1.54, 1.807) is 23.2 Å². The van der Waals surface area contributed by atoms with Crippen LogP contribution in [0.3, 0.4) is 0 Å². The number of nitrogens with zero attached hydrogens (tertiary/aromatic N) is 4. The van der Waals surface area contributed by atoms with Crippen LogP contribution in [-0.2, 0) is 5.41 Å². The molecule has 2 aromatic rings. The zero-order chi connectivity index (χ0) is 19.1. The molecule has 0 amide bonds. The number of alkyl halides is 3. The molecule has 27 heavy (non-hydrogen) atoms. The normalized spacial score (nSPS) is 25.5. The Morgan fingerprint density at radius 2 is 2.07 bits per heavy atom. The fourth-order valence-corrected chi connectivity index (χ4v) is 3.84. The summed E-state index contributed by atoms with van der Waals surface area (Å²) >= 11 is 0. The smallest absolute Gasteiger partial charge is 0.390 e. The lowest BCUT2D eigenvalue weighted by molar-refractivity contribution is -0.193. The SMILES string of the molecule is OC1(CCN2CCC(c3nc(-c4cccnc4)no3)(C(F)(F)F)C2)CCC1. The molecule has 0 aromatic carbocycles. The van der Waals surface area contributed by atoms with Gasteiger partial charge in [0.05, 0.1) is 5.60 Å². The second kappa shape index (κ2) is 6.56. The zero-order valence-electron chi connectivity index (χ0n) is 14.7. The molecular weight excluding hydrogens is 361 g/mol. The summed E-state index contributed by atoms with van der Waals surface area (Å²) < 4.78 is 47.1. The molecule has 0 spiro atoms. The van der Waals surface area contributed by atoms with Crippen molar-refractivity contribution in [3.8, 4) is 11.4 Å². The monoisotopic (exact) mass is 382 g/mol. The van der Waals surface area contributed by atoms with Crippen molar-refractivity contribution in [2.24, 2.45) is 0 Å². The first-order valence-electron chi connectivity index (χ1n) is 9.07. The lowest BCUT2D eigenvalue weighted by Crippen LogP contribution is -2.46. The molecule has 1 unspecified atom stereocenters. The minimum absolute atomic E-state index is 0.101. The third kappa shape index (κ3) is 3.34. The van der Waals surface area contributed by atoms with Crippen molar-refractivity contribution in [2.45, 2.75) is 49.3 Å². The van der Waals surface area contributed by atoms with Gasteiger partial charge in [0.25, 0.3) is 0 Å². The van der Waals surface area contributed by atoms with E-state index < -0.39 is 23.1 Å². The van der Waals surface area contributed by atoms with Gasteiger partial charge in [-0.1, -0.05) is 5.16 Å². The fourth-order valence-electron chi connectivity index (χ4n) is 3.84. The molecule has 1 aliphatic heterocycles. The van der Waals surface area contributed by atoms with E-state index in [0.29, 0.717) is 18.5 Å². The largest absolute Gasteiger partial charge is 0.404 e. The molecule has 6 nitrogen and oxygen atoms in total. The molecule has 1 atom stereocenters. The predicted octanol–water partition coefficient (Wildman–Crippen LogP) is 2.94. The van der Waals surface area contributed by atoms with Crippen molar-refractivity contribution in [2.75, 3.05) is 19.6 Å². The average molecular weight is 382 g/mol. The second-order valence-electron chi connectivity index (χ2n) is 7.60. The predicted molar refractivity (Wildman–Crippen MR) is 89.7 cm³/mol. The van der Waals surface area contributed by atoms with E-state index >= 15 is 0 Å². The number of rotatable bonds is 5. The van der Waals surface area contributed by atoms with Crippen LogP contribution in [-0.4, -0.2) is 56.5 Å². The number of halogens is 3. The first-order valence-corrected chi connectivity index (χ1v) is 9.07. The Hall–Kier alpha value is -2.00. The van der Waals surface area contributed by atoms with E-state index in [1.165, 1.54) is 6.20 Å². The second-order valence-corrected chi connectivity index (χ2v) is 7.60. The van der Waals surface area contributed by atoms with Gasteiger partial charge in [0.1, 0.15) is 0 Å². The average Bonchev–Trinajstić information content (AvgIpc) is 3.26. The van der Waals surface area contributed by atoms with Crippen molar-refractivity contribution in [1.82, 2.24) is 20.0 Å². The van der Waals surface area contributed by atoms with Crippen LogP contribution in [0.5, 0.6) is 0 Å². The molecule has 0 radical (unpaired) electrons. The highest BCUT2D eigenvalue weighted by molar-refractivity contribution is 5.52. The van der Waals surface area contributed by atoms with Gasteiger partial charge in [-0.3, -0.25) is 4.98 Å². The summed E-state index contributed by atoms with van der Waals surface area (Å²) in [6.07, 6.45) is 1.32. The lowest BCUT2D eigenvalue weighted by atomic mass is 9.78. The summed E-state index contributed by atoms with van der Waals surface area (Å²) in [5.41, 5.74) is -2.38. The van der Waals surface area contributed by atoms with Gasteiger partial charge in [-0.05, 0) is 50.8 Å². The molecule has 9 heteroatoms. The summed E-state index contributed by atoms with van der Waals surface area (Å²) in [6, 6.07) is 3.33. The van der Waals surface area contributed by atoms with Crippen LogP contribution in [0.15, 0.2) is 29.0 Å². The molecule has 2 aliphatic rings. The van der Waals surface area contributed by atoms with Crippen molar-refractivity contribution < 1.29 is 22.8 Å². The molecule has 3 heterocycles. The molecule has 2 fully saturated rings. The maximum absolute atomic E-state index is 14.0. The summed E-state index contributed by atoms with van der Waals surface area (Å²) in [5, 5.41) is 13.9. The van der Waals surface area contributed by atoms with Crippen LogP contribution >= 0.6 is 0 Å². The molecule has 4 rings (SSSR count). The molecule has 1 saturated carbocycles. The van der Waals surface area contributed by atoms with Crippen LogP contribution in [0.4, 0.5) is 13.2 Å². The Bertz CT molecular complexity index is 791. The van der Waals surface area contributed by atoms with Gasteiger partial charge in [0.2, 0.25) is 11.7 Å². The van der Waals surface area contributed by atoms with E-state index in [0.717, 1.165) is 19.3 Å². The van der Waals surface area contributed by atoms with E-state index in [9.17, 15) is 18.3 Å². The molecule has 1 aliphatic carbocycles. The van der Waals surface area contributed by atoms with Crippen LogP contribution in [0.2, 0.25) is 0 Å². The van der Waals surface area contributed by atoms with Crippen LogP contribution < -0.4 is 0 Å². The third-order valence-corrected chi connectivity index (χ3v) is 5.82. The Morgan fingerprint density at radius 3 is 2.70 bits per heavy atom. The number of hydrogen-bond donors (Lipinski definition) is 1. The number of likely N-dealkylation sites (tertiary alicyclic amines) is 1. The van der Waals surface area contributed by atoms with Gasteiger partial charge < -0.3 is 14.5 Å². The van der Waals surface area contributed by atoms with Crippen LogP contribution in [0.1, 0.15) is 38.0 Å². The van der Waals surface area contributed by atoms with E-state index in [-0.39, 0.29) is 25.3 Å². The zero-order valence-corrected chi connectivity index (χ0v) is 14.7. The Labute approximate surface area is 154 Å². The van der Waals surface area contributed by atoms with Gasteiger partial charge in [-0.2, -0.15) is 18.2 Å². The van der Waals surface area contributed by atoms with E-state index in [1.807, 2.05) is 0 Å². The third-order valence-electron chi connectivity index (χ3n) is 5.82. The highest BCUT2D eigenvalue weighted by atomic mass is 19.4. The summed E-state index contributed by atoms with van der Waals surface area (Å²) in [5.74, 6) is -0.303. The minimum Gasteiger partial charge on any atom is -0.390 e. The lowest BCUT2D eigenvalue weighted by Gasteiger charge is -2.38. The number of aliphatic hydroxyl groups is 1. The van der Waals surface area contributed by atoms with Gasteiger partial charge in [0.15, 0.2) is 5.41 Å². The van der Waals surface area contributed by atoms with Crippen LogP contribution in [0, 0.1) is 0 Å². The van der Waals surface area contributed by atoms with E-state index in [2.05, 4.69) is 15.1 Å². The molecule has 1 saturated heterocycles. The highest BCUT2D eigenvalue weighted by Gasteiger charge is 2.62. The Kier molecular flexibility index (Phi) is 4.46. The standard InChI is InChI=1S/C18H21F3N4O2/c19-18(20,21)17(7-10-25(12-17)9-6-16(26)4-2-5-16)15-23-14(24-27-15)13-3-1-8-22-11-13/h1,3,8,11,26H,2,4-7,9-10,12H2.